The van der Waals surface area contributed by atoms with Crippen LogP contribution in [0.2, 0.25) is 5.02 Å². The van der Waals surface area contributed by atoms with Crippen LogP contribution in [0.1, 0.15) is 49.9 Å². The minimum atomic E-state index is -1.07. The lowest BCUT2D eigenvalue weighted by Crippen LogP contribution is -2.55. The van der Waals surface area contributed by atoms with Gasteiger partial charge in [0.25, 0.3) is 0 Å². The van der Waals surface area contributed by atoms with E-state index in [1.165, 1.54) is 0 Å². The Morgan fingerprint density at radius 3 is 2.63 bits per heavy atom. The molecule has 1 unspecified atom stereocenters. The predicted molar refractivity (Wildman–Crippen MR) is 114 cm³/mol. The Bertz CT molecular complexity index is 956. The molecule has 1 atom stereocenters. The van der Waals surface area contributed by atoms with Gasteiger partial charge in [-0.3, -0.25) is 4.79 Å². The number of carbonyl (C=O) groups excluding carboxylic acids is 1. The smallest absolute Gasteiger partial charge is 0.343 e. The van der Waals surface area contributed by atoms with Crippen LogP contribution in [0.15, 0.2) is 28.8 Å². The number of amides is 1. The SMILES string of the molecule is CC(C)N1CC2(CCCN(c3noc(-c4ccc(Cl)cc4)c3C(=O)O)C2)CCC1=O. The summed E-state index contributed by atoms with van der Waals surface area (Å²) < 4.78 is 5.51. The molecule has 160 valence electrons. The molecule has 2 saturated heterocycles. The average molecular weight is 432 g/mol. The molecule has 0 radical (unpaired) electrons. The first kappa shape index (κ1) is 20.7. The van der Waals surface area contributed by atoms with E-state index in [1.807, 2.05) is 23.6 Å². The molecular formula is C22H26ClN3O4. The van der Waals surface area contributed by atoms with Crippen LogP contribution < -0.4 is 4.90 Å². The van der Waals surface area contributed by atoms with E-state index in [-0.39, 0.29) is 28.7 Å². The first-order valence-electron chi connectivity index (χ1n) is 10.3. The van der Waals surface area contributed by atoms with Gasteiger partial charge in [-0.15, -0.1) is 0 Å². The molecule has 1 amide bonds. The monoisotopic (exact) mass is 431 g/mol. The number of benzene rings is 1. The molecule has 0 aliphatic carbocycles. The molecule has 0 saturated carbocycles. The maximum atomic E-state index is 12.3. The molecule has 2 fully saturated rings. The second-order valence-electron chi connectivity index (χ2n) is 8.66. The van der Waals surface area contributed by atoms with E-state index in [4.69, 9.17) is 16.1 Å². The molecule has 1 N–H and O–H groups in total. The van der Waals surface area contributed by atoms with Crippen molar-refractivity contribution >= 4 is 29.3 Å². The third-order valence-electron chi connectivity index (χ3n) is 6.27. The maximum Gasteiger partial charge on any atom is 0.343 e. The summed E-state index contributed by atoms with van der Waals surface area (Å²) in [6, 6.07) is 7.00. The van der Waals surface area contributed by atoms with Gasteiger partial charge >= 0.3 is 5.97 Å². The van der Waals surface area contributed by atoms with E-state index in [2.05, 4.69) is 5.16 Å². The number of carboxylic acids is 1. The number of carboxylic acid groups (broad SMARTS) is 1. The van der Waals surface area contributed by atoms with Gasteiger partial charge < -0.3 is 19.4 Å². The Morgan fingerprint density at radius 2 is 1.97 bits per heavy atom. The number of halogens is 1. The van der Waals surface area contributed by atoms with Crippen molar-refractivity contribution in [3.05, 3.63) is 34.9 Å². The number of piperidine rings is 2. The predicted octanol–water partition coefficient (Wildman–Crippen LogP) is 4.31. The number of rotatable bonds is 4. The summed E-state index contributed by atoms with van der Waals surface area (Å²) in [6.07, 6.45) is 3.29. The average Bonchev–Trinajstić information content (AvgIpc) is 3.16. The van der Waals surface area contributed by atoms with Crippen LogP contribution in [0, 0.1) is 5.41 Å². The molecule has 2 aromatic rings. The van der Waals surface area contributed by atoms with E-state index in [0.717, 1.165) is 19.3 Å². The molecule has 1 spiro atoms. The zero-order chi connectivity index (χ0) is 21.5. The van der Waals surface area contributed by atoms with Crippen molar-refractivity contribution in [2.75, 3.05) is 24.5 Å². The van der Waals surface area contributed by atoms with Crippen molar-refractivity contribution in [2.24, 2.45) is 5.41 Å². The molecule has 2 aliphatic heterocycles. The molecule has 1 aromatic heterocycles. The van der Waals surface area contributed by atoms with Crippen molar-refractivity contribution in [2.45, 2.75) is 45.6 Å². The molecule has 7 nitrogen and oxygen atoms in total. The molecule has 4 rings (SSSR count). The van der Waals surface area contributed by atoms with Crippen LogP contribution in [0.4, 0.5) is 5.82 Å². The van der Waals surface area contributed by atoms with Crippen LogP contribution >= 0.6 is 11.6 Å². The maximum absolute atomic E-state index is 12.3. The number of hydrogen-bond donors (Lipinski definition) is 1. The van der Waals surface area contributed by atoms with Gasteiger partial charge in [0.2, 0.25) is 5.91 Å². The highest BCUT2D eigenvalue weighted by molar-refractivity contribution is 6.30. The Kier molecular flexibility index (Phi) is 5.49. The highest BCUT2D eigenvalue weighted by Gasteiger charge is 2.43. The first-order chi connectivity index (χ1) is 14.3. The van der Waals surface area contributed by atoms with Crippen LogP contribution in [-0.4, -0.2) is 52.7 Å². The summed E-state index contributed by atoms with van der Waals surface area (Å²) in [5.41, 5.74) is 0.643. The fourth-order valence-corrected chi connectivity index (χ4v) is 4.85. The molecule has 2 aliphatic rings. The van der Waals surface area contributed by atoms with E-state index in [1.54, 1.807) is 24.3 Å². The second kappa shape index (κ2) is 7.95. The van der Waals surface area contributed by atoms with Crippen molar-refractivity contribution in [3.63, 3.8) is 0 Å². The Labute approximate surface area is 180 Å². The van der Waals surface area contributed by atoms with Gasteiger partial charge in [-0.1, -0.05) is 16.8 Å². The first-order valence-corrected chi connectivity index (χ1v) is 10.7. The highest BCUT2D eigenvalue weighted by Crippen LogP contribution is 2.42. The van der Waals surface area contributed by atoms with Crippen LogP contribution in [0.5, 0.6) is 0 Å². The van der Waals surface area contributed by atoms with Gasteiger partial charge in [0.1, 0.15) is 0 Å². The molecular weight excluding hydrogens is 406 g/mol. The lowest BCUT2D eigenvalue weighted by atomic mass is 9.73. The fourth-order valence-electron chi connectivity index (χ4n) is 4.73. The summed E-state index contributed by atoms with van der Waals surface area (Å²) in [5, 5.41) is 14.7. The fraction of sp³-hybridized carbons (Fsp3) is 0.500. The van der Waals surface area contributed by atoms with Gasteiger partial charge in [0.15, 0.2) is 17.1 Å². The van der Waals surface area contributed by atoms with Crippen LogP contribution in [0.25, 0.3) is 11.3 Å². The van der Waals surface area contributed by atoms with E-state index in [0.29, 0.717) is 42.5 Å². The van der Waals surface area contributed by atoms with Crippen molar-refractivity contribution in [1.82, 2.24) is 10.1 Å². The topological polar surface area (TPSA) is 86.9 Å². The van der Waals surface area contributed by atoms with E-state index in [9.17, 15) is 14.7 Å². The number of carbonyl (C=O) groups is 2. The lowest BCUT2D eigenvalue weighted by Gasteiger charge is -2.49. The Hall–Kier alpha value is -2.54. The molecule has 1 aromatic carbocycles. The number of aromatic nitrogens is 1. The lowest BCUT2D eigenvalue weighted by molar-refractivity contribution is -0.140. The Morgan fingerprint density at radius 1 is 1.23 bits per heavy atom. The standard InChI is InChI=1S/C22H26ClN3O4/c1-14(2)26-13-22(10-8-17(26)27)9-3-11-25(12-22)20-18(21(28)29)19(30-24-20)15-4-6-16(23)7-5-15/h4-7,14H,3,8-13H2,1-2H3,(H,28,29). The third kappa shape index (κ3) is 3.78. The number of nitrogens with zero attached hydrogens (tertiary/aromatic N) is 3. The number of aromatic carboxylic acids is 1. The quantitative estimate of drug-likeness (QED) is 0.776. The van der Waals surface area contributed by atoms with Gasteiger partial charge in [0.05, 0.1) is 0 Å². The normalized spacial score (nSPS) is 22.2. The molecule has 30 heavy (non-hydrogen) atoms. The summed E-state index contributed by atoms with van der Waals surface area (Å²) in [4.78, 5) is 28.4. The largest absolute Gasteiger partial charge is 0.477 e. The van der Waals surface area contributed by atoms with Crippen molar-refractivity contribution in [3.8, 4) is 11.3 Å². The molecule has 0 bridgehead atoms. The zero-order valence-corrected chi connectivity index (χ0v) is 18.0. The second-order valence-corrected chi connectivity index (χ2v) is 9.10. The minimum Gasteiger partial charge on any atom is -0.477 e. The number of hydrogen-bond acceptors (Lipinski definition) is 5. The van der Waals surface area contributed by atoms with Gasteiger partial charge in [-0.05, 0) is 57.4 Å². The number of anilines is 1. The Balaban J connectivity index is 1.65. The van der Waals surface area contributed by atoms with Gasteiger partial charge in [-0.25, -0.2) is 4.79 Å². The molecule has 8 heteroatoms. The highest BCUT2D eigenvalue weighted by atomic mass is 35.5. The van der Waals surface area contributed by atoms with E-state index < -0.39 is 5.97 Å². The van der Waals surface area contributed by atoms with E-state index >= 15 is 0 Å². The summed E-state index contributed by atoms with van der Waals surface area (Å²) >= 11 is 5.96. The number of likely N-dealkylation sites (tertiary alicyclic amines) is 1. The third-order valence-corrected chi connectivity index (χ3v) is 6.53. The van der Waals surface area contributed by atoms with Crippen molar-refractivity contribution < 1.29 is 19.2 Å². The van der Waals surface area contributed by atoms with Crippen LogP contribution in [0.3, 0.4) is 0 Å². The molecule has 3 heterocycles. The van der Waals surface area contributed by atoms with Crippen LogP contribution in [-0.2, 0) is 4.79 Å². The summed E-state index contributed by atoms with van der Waals surface area (Å²) in [7, 11) is 0. The summed E-state index contributed by atoms with van der Waals surface area (Å²) in [6.45, 7) is 6.15. The van der Waals surface area contributed by atoms with Crippen molar-refractivity contribution in [1.29, 1.82) is 0 Å². The van der Waals surface area contributed by atoms with Gasteiger partial charge in [-0.2, -0.15) is 0 Å². The zero-order valence-electron chi connectivity index (χ0n) is 17.2. The van der Waals surface area contributed by atoms with Gasteiger partial charge in [0, 0.05) is 48.1 Å². The summed E-state index contributed by atoms with van der Waals surface area (Å²) in [5.74, 6) is -0.278. The minimum absolute atomic E-state index is 0.0500.